The summed E-state index contributed by atoms with van der Waals surface area (Å²) in [6.07, 6.45) is 1.57. The van der Waals surface area contributed by atoms with Gasteiger partial charge in [0.25, 0.3) is 0 Å². The molecule has 2 aromatic rings. The number of hydrogen-bond donors (Lipinski definition) is 2. The molecule has 2 rings (SSSR count). The van der Waals surface area contributed by atoms with E-state index in [4.69, 9.17) is 4.42 Å². The fourth-order valence-electron chi connectivity index (χ4n) is 2.17. The minimum absolute atomic E-state index is 0.316. The molecule has 0 saturated heterocycles. The van der Waals surface area contributed by atoms with Gasteiger partial charge in [0.2, 0.25) is 5.89 Å². The molecule has 6 nitrogen and oxygen atoms in total. The Balaban J connectivity index is 2.20. The highest BCUT2D eigenvalue weighted by Crippen LogP contribution is 2.28. The number of aromatic nitrogens is 3. The van der Waals surface area contributed by atoms with Crippen LogP contribution in [-0.2, 0) is 6.54 Å². The molecular formula is C15H23N5O. The summed E-state index contributed by atoms with van der Waals surface area (Å²) < 4.78 is 5.58. The Hall–Kier alpha value is -2.11. The monoisotopic (exact) mass is 289 g/mol. The SMILES string of the molecule is CCNc1ncnc(NCc2nc(C)c(C)o2)c1C(C)C. The highest BCUT2D eigenvalue weighted by Gasteiger charge is 2.15. The van der Waals surface area contributed by atoms with E-state index in [0.29, 0.717) is 18.4 Å². The standard InChI is InChI=1S/C15H23N5O/c1-6-16-14-13(9(2)3)15(19-8-18-14)17-7-12-20-10(4)11(5)21-12/h8-9H,6-7H2,1-5H3,(H2,16,17,18,19). The first-order valence-corrected chi connectivity index (χ1v) is 7.28. The minimum Gasteiger partial charge on any atom is -0.444 e. The molecule has 0 atom stereocenters. The number of anilines is 2. The van der Waals surface area contributed by atoms with Crippen molar-refractivity contribution in [2.75, 3.05) is 17.2 Å². The van der Waals surface area contributed by atoms with Crippen LogP contribution in [0.2, 0.25) is 0 Å². The van der Waals surface area contributed by atoms with Gasteiger partial charge in [0.15, 0.2) is 0 Å². The van der Waals surface area contributed by atoms with Gasteiger partial charge in [-0.15, -0.1) is 0 Å². The molecule has 0 bridgehead atoms. The van der Waals surface area contributed by atoms with Gasteiger partial charge in [0.1, 0.15) is 23.7 Å². The summed E-state index contributed by atoms with van der Waals surface area (Å²) in [5.74, 6) is 3.54. The lowest BCUT2D eigenvalue weighted by Gasteiger charge is -2.16. The van der Waals surface area contributed by atoms with Gasteiger partial charge in [0, 0.05) is 12.1 Å². The third kappa shape index (κ3) is 3.51. The van der Waals surface area contributed by atoms with E-state index < -0.39 is 0 Å². The van der Waals surface area contributed by atoms with Crippen LogP contribution in [0.25, 0.3) is 0 Å². The maximum atomic E-state index is 5.58. The van der Waals surface area contributed by atoms with Crippen molar-refractivity contribution in [3.8, 4) is 0 Å². The first-order chi connectivity index (χ1) is 10.0. The molecule has 6 heteroatoms. The highest BCUT2D eigenvalue weighted by atomic mass is 16.4. The Morgan fingerprint density at radius 2 is 1.81 bits per heavy atom. The summed E-state index contributed by atoms with van der Waals surface area (Å²) in [5.41, 5.74) is 2.01. The van der Waals surface area contributed by atoms with E-state index in [1.54, 1.807) is 6.33 Å². The van der Waals surface area contributed by atoms with Crippen LogP contribution in [0.1, 0.15) is 49.6 Å². The Kier molecular flexibility index (Phi) is 4.77. The first-order valence-electron chi connectivity index (χ1n) is 7.28. The molecule has 114 valence electrons. The Labute approximate surface area is 125 Å². The number of rotatable bonds is 6. The molecule has 0 amide bonds. The van der Waals surface area contributed by atoms with Crippen molar-refractivity contribution in [2.24, 2.45) is 0 Å². The van der Waals surface area contributed by atoms with E-state index >= 15 is 0 Å². The van der Waals surface area contributed by atoms with Gasteiger partial charge in [0.05, 0.1) is 12.2 Å². The van der Waals surface area contributed by atoms with Crippen LogP contribution in [0.4, 0.5) is 11.6 Å². The predicted octanol–water partition coefficient (Wildman–Crippen LogP) is 3.25. The molecule has 2 heterocycles. The number of oxazole rings is 1. The zero-order valence-electron chi connectivity index (χ0n) is 13.3. The largest absolute Gasteiger partial charge is 0.444 e. The van der Waals surface area contributed by atoms with E-state index in [2.05, 4.69) is 46.4 Å². The van der Waals surface area contributed by atoms with Crippen molar-refractivity contribution in [1.29, 1.82) is 0 Å². The lowest BCUT2D eigenvalue weighted by Crippen LogP contribution is -2.11. The predicted molar refractivity (Wildman–Crippen MR) is 83.6 cm³/mol. The molecule has 21 heavy (non-hydrogen) atoms. The van der Waals surface area contributed by atoms with Crippen molar-refractivity contribution in [2.45, 2.75) is 47.1 Å². The molecule has 0 saturated carbocycles. The molecular weight excluding hydrogens is 266 g/mol. The van der Waals surface area contributed by atoms with Crippen LogP contribution in [0.3, 0.4) is 0 Å². The first kappa shape index (κ1) is 15.3. The number of aryl methyl sites for hydroxylation is 2. The molecule has 2 N–H and O–H groups in total. The lowest BCUT2D eigenvalue weighted by molar-refractivity contribution is 0.478. The maximum Gasteiger partial charge on any atom is 0.213 e. The van der Waals surface area contributed by atoms with E-state index in [9.17, 15) is 0 Å². The lowest BCUT2D eigenvalue weighted by atomic mass is 10.0. The topological polar surface area (TPSA) is 75.9 Å². The molecule has 0 aliphatic rings. The summed E-state index contributed by atoms with van der Waals surface area (Å²) in [6.45, 7) is 11.5. The fraction of sp³-hybridized carbons (Fsp3) is 0.533. The number of nitrogens with one attached hydrogen (secondary N) is 2. The molecule has 0 spiro atoms. The van der Waals surface area contributed by atoms with Crippen molar-refractivity contribution in [3.63, 3.8) is 0 Å². The smallest absolute Gasteiger partial charge is 0.213 e. The molecule has 0 radical (unpaired) electrons. The summed E-state index contributed by atoms with van der Waals surface area (Å²) in [6, 6.07) is 0. The third-order valence-electron chi connectivity index (χ3n) is 3.29. The normalized spacial score (nSPS) is 11.0. The molecule has 0 aliphatic heterocycles. The molecule has 0 fully saturated rings. The second-order valence-corrected chi connectivity index (χ2v) is 5.27. The zero-order chi connectivity index (χ0) is 15.4. The van der Waals surface area contributed by atoms with Gasteiger partial charge in [-0.3, -0.25) is 0 Å². The number of hydrogen-bond acceptors (Lipinski definition) is 6. The third-order valence-corrected chi connectivity index (χ3v) is 3.29. The average molecular weight is 289 g/mol. The average Bonchev–Trinajstić information content (AvgIpc) is 2.75. The molecule has 0 aliphatic carbocycles. The van der Waals surface area contributed by atoms with Gasteiger partial charge in [-0.05, 0) is 26.7 Å². The second-order valence-electron chi connectivity index (χ2n) is 5.27. The minimum atomic E-state index is 0.316. The van der Waals surface area contributed by atoms with Crippen LogP contribution in [0, 0.1) is 13.8 Å². The van der Waals surface area contributed by atoms with E-state index in [-0.39, 0.29) is 0 Å². The van der Waals surface area contributed by atoms with Gasteiger partial charge in [-0.25, -0.2) is 15.0 Å². The quantitative estimate of drug-likeness (QED) is 0.850. The van der Waals surface area contributed by atoms with Gasteiger partial charge in [-0.1, -0.05) is 13.8 Å². The summed E-state index contributed by atoms with van der Waals surface area (Å²) in [7, 11) is 0. The summed E-state index contributed by atoms with van der Waals surface area (Å²) in [4.78, 5) is 13.0. The van der Waals surface area contributed by atoms with Crippen LogP contribution in [0.15, 0.2) is 10.7 Å². The maximum absolute atomic E-state index is 5.58. The Bertz CT molecular complexity index is 587. The van der Waals surface area contributed by atoms with Crippen LogP contribution < -0.4 is 10.6 Å². The fourth-order valence-corrected chi connectivity index (χ4v) is 2.17. The van der Waals surface area contributed by atoms with E-state index in [0.717, 1.165) is 35.2 Å². The Morgan fingerprint density at radius 3 is 2.33 bits per heavy atom. The van der Waals surface area contributed by atoms with E-state index in [1.165, 1.54) is 0 Å². The van der Waals surface area contributed by atoms with Crippen molar-refractivity contribution >= 4 is 11.6 Å². The van der Waals surface area contributed by atoms with Crippen molar-refractivity contribution in [1.82, 2.24) is 15.0 Å². The van der Waals surface area contributed by atoms with Crippen LogP contribution in [-0.4, -0.2) is 21.5 Å². The van der Waals surface area contributed by atoms with Crippen molar-refractivity contribution in [3.05, 3.63) is 29.2 Å². The molecule has 0 aromatic carbocycles. The van der Waals surface area contributed by atoms with Crippen LogP contribution >= 0.6 is 0 Å². The number of nitrogens with zero attached hydrogens (tertiary/aromatic N) is 3. The highest BCUT2D eigenvalue weighted by molar-refractivity contribution is 5.58. The van der Waals surface area contributed by atoms with Gasteiger partial charge in [-0.2, -0.15) is 0 Å². The Morgan fingerprint density at radius 1 is 1.14 bits per heavy atom. The molecule has 0 unspecified atom stereocenters. The summed E-state index contributed by atoms with van der Waals surface area (Å²) in [5, 5.41) is 6.58. The van der Waals surface area contributed by atoms with Gasteiger partial charge < -0.3 is 15.1 Å². The summed E-state index contributed by atoms with van der Waals surface area (Å²) >= 11 is 0. The zero-order valence-corrected chi connectivity index (χ0v) is 13.3. The van der Waals surface area contributed by atoms with Gasteiger partial charge >= 0.3 is 0 Å². The van der Waals surface area contributed by atoms with Crippen molar-refractivity contribution < 1.29 is 4.42 Å². The van der Waals surface area contributed by atoms with E-state index in [1.807, 2.05) is 13.8 Å². The second kappa shape index (κ2) is 6.56. The molecule has 2 aromatic heterocycles. The van der Waals surface area contributed by atoms with Crippen LogP contribution in [0.5, 0.6) is 0 Å².